The Labute approximate surface area is 204 Å². The number of esters is 1. The Bertz CT molecular complexity index is 1150. The summed E-state index contributed by atoms with van der Waals surface area (Å²) in [5.41, 5.74) is 1.95. The molecule has 0 bridgehead atoms. The number of piperazine rings is 1. The van der Waals surface area contributed by atoms with Gasteiger partial charge in [0.25, 0.3) is 0 Å². The number of hydrogen-bond donors (Lipinski definition) is 2. The van der Waals surface area contributed by atoms with E-state index >= 15 is 0 Å². The maximum atomic E-state index is 12.9. The Hall–Kier alpha value is -3.78. The van der Waals surface area contributed by atoms with Gasteiger partial charge in [0.2, 0.25) is 0 Å². The van der Waals surface area contributed by atoms with Crippen molar-refractivity contribution >= 4 is 11.8 Å². The van der Waals surface area contributed by atoms with Crippen LogP contribution < -0.4 is 4.90 Å². The summed E-state index contributed by atoms with van der Waals surface area (Å²) in [5.74, 6) is 0.631. The van der Waals surface area contributed by atoms with Crippen molar-refractivity contribution in [2.45, 2.75) is 25.5 Å². The lowest BCUT2D eigenvalue weighted by atomic mass is 10.0. The minimum atomic E-state index is -0.553. The monoisotopic (exact) mass is 474 g/mol. The van der Waals surface area contributed by atoms with Crippen LogP contribution in [-0.2, 0) is 24.1 Å². The van der Waals surface area contributed by atoms with E-state index < -0.39 is 12.1 Å². The summed E-state index contributed by atoms with van der Waals surface area (Å²) in [5, 5.41) is 21.6. The highest BCUT2D eigenvalue weighted by atomic mass is 16.5. The number of pyridine rings is 1. The molecule has 1 saturated heterocycles. The van der Waals surface area contributed by atoms with Gasteiger partial charge in [0, 0.05) is 50.0 Å². The van der Waals surface area contributed by atoms with Gasteiger partial charge in [0.15, 0.2) is 11.8 Å². The maximum Gasteiger partial charge on any atom is 0.338 e. The third-order valence-corrected chi connectivity index (χ3v) is 6.70. The normalized spacial score (nSPS) is 16.6. The van der Waals surface area contributed by atoms with Crippen molar-refractivity contribution in [2.75, 3.05) is 37.6 Å². The molecule has 1 aromatic carbocycles. The fourth-order valence-electron chi connectivity index (χ4n) is 4.82. The number of benzene rings is 1. The van der Waals surface area contributed by atoms with Gasteiger partial charge in [-0.25, -0.2) is 9.78 Å². The number of aromatic nitrogens is 2. The van der Waals surface area contributed by atoms with Crippen molar-refractivity contribution in [1.29, 1.82) is 0 Å². The molecule has 3 heterocycles. The van der Waals surface area contributed by atoms with E-state index in [9.17, 15) is 15.0 Å². The molecule has 5 rings (SSSR count). The molecule has 8 heteroatoms. The zero-order chi connectivity index (χ0) is 24.2. The number of carbonyl (C=O) groups is 1. The minimum absolute atomic E-state index is 0.0441. The van der Waals surface area contributed by atoms with E-state index in [0.717, 1.165) is 43.1 Å². The van der Waals surface area contributed by atoms with Gasteiger partial charge in [0.1, 0.15) is 11.9 Å². The number of allylic oxidation sites excluding steroid dienone is 2. The summed E-state index contributed by atoms with van der Waals surface area (Å²) in [4.78, 5) is 21.8. The van der Waals surface area contributed by atoms with Gasteiger partial charge in [-0.2, -0.15) is 0 Å². The van der Waals surface area contributed by atoms with Gasteiger partial charge >= 0.3 is 5.97 Å². The highest BCUT2D eigenvalue weighted by Crippen LogP contribution is 2.37. The van der Waals surface area contributed by atoms with Gasteiger partial charge < -0.3 is 19.8 Å². The topological polar surface area (TPSA) is 91.1 Å². The Balaban J connectivity index is 1.31. The van der Waals surface area contributed by atoms with Crippen molar-refractivity contribution in [3.05, 3.63) is 83.6 Å². The SMILES string of the molecule is O=C(OC(CN1CCN(c2ccccn2)CC1)Cn1c(O)c2c(c1O)CC=CC2)c1ccccc1. The van der Waals surface area contributed by atoms with Crippen LogP contribution in [0.3, 0.4) is 0 Å². The number of fused-ring (bicyclic) bond motifs is 1. The van der Waals surface area contributed by atoms with Crippen LogP contribution in [0.4, 0.5) is 5.82 Å². The molecule has 2 aliphatic rings. The van der Waals surface area contributed by atoms with Crippen molar-refractivity contribution in [2.24, 2.45) is 0 Å². The Morgan fingerprint density at radius 2 is 1.54 bits per heavy atom. The molecule has 1 fully saturated rings. The number of hydrogen-bond acceptors (Lipinski definition) is 7. The molecule has 35 heavy (non-hydrogen) atoms. The molecule has 3 aromatic rings. The van der Waals surface area contributed by atoms with Crippen molar-refractivity contribution < 1.29 is 19.7 Å². The van der Waals surface area contributed by atoms with Crippen molar-refractivity contribution in [1.82, 2.24) is 14.5 Å². The van der Waals surface area contributed by atoms with E-state index in [2.05, 4.69) is 14.8 Å². The number of aromatic hydroxyl groups is 2. The first-order chi connectivity index (χ1) is 17.1. The summed E-state index contributed by atoms with van der Waals surface area (Å²) >= 11 is 0. The summed E-state index contributed by atoms with van der Waals surface area (Å²) in [6.45, 7) is 3.88. The van der Waals surface area contributed by atoms with Crippen LogP contribution in [-0.4, -0.2) is 69.5 Å². The summed E-state index contributed by atoms with van der Waals surface area (Å²) < 4.78 is 7.41. The highest BCUT2D eigenvalue weighted by molar-refractivity contribution is 5.89. The second-order valence-corrected chi connectivity index (χ2v) is 8.96. The Kier molecular flexibility index (Phi) is 6.72. The molecule has 0 saturated carbocycles. The average Bonchev–Trinajstić information content (AvgIpc) is 3.15. The number of anilines is 1. The second kappa shape index (κ2) is 10.2. The Morgan fingerprint density at radius 1 is 0.886 bits per heavy atom. The van der Waals surface area contributed by atoms with Gasteiger partial charge in [-0.1, -0.05) is 36.4 Å². The maximum absolute atomic E-state index is 12.9. The molecular formula is C27H30N4O4. The lowest BCUT2D eigenvalue weighted by Crippen LogP contribution is -2.49. The highest BCUT2D eigenvalue weighted by Gasteiger charge is 2.28. The third kappa shape index (κ3) is 5.02. The molecule has 1 atom stereocenters. The standard InChI is InChI=1S/C27H30N4O4/c32-25-22-10-4-5-11-23(22)26(33)31(25)19-21(35-27(34)20-8-2-1-3-9-20)18-29-14-16-30(17-15-29)24-12-6-7-13-28-24/h1-9,12-13,21,32-33H,10-11,14-19H2. The van der Waals surface area contributed by atoms with Crippen LogP contribution in [0.25, 0.3) is 0 Å². The van der Waals surface area contributed by atoms with E-state index in [1.54, 1.807) is 30.5 Å². The summed E-state index contributed by atoms with van der Waals surface area (Å²) in [6, 6.07) is 14.8. The second-order valence-electron chi connectivity index (χ2n) is 8.96. The number of ether oxygens (including phenoxy) is 1. The molecule has 1 aliphatic carbocycles. The van der Waals surface area contributed by atoms with Crippen LogP contribution in [0, 0.1) is 0 Å². The smallest absolute Gasteiger partial charge is 0.338 e. The molecule has 2 aromatic heterocycles. The first-order valence-corrected chi connectivity index (χ1v) is 12.0. The molecule has 2 N–H and O–H groups in total. The van der Waals surface area contributed by atoms with Gasteiger partial charge in [0.05, 0.1) is 12.1 Å². The molecule has 0 spiro atoms. The summed E-state index contributed by atoms with van der Waals surface area (Å²) in [6.07, 6.45) is 6.37. The predicted molar refractivity (Wildman–Crippen MR) is 133 cm³/mol. The fourth-order valence-corrected chi connectivity index (χ4v) is 4.82. The van der Waals surface area contributed by atoms with Crippen LogP contribution in [0.1, 0.15) is 21.5 Å². The van der Waals surface area contributed by atoms with Crippen LogP contribution in [0.5, 0.6) is 11.8 Å². The molecule has 0 amide bonds. The molecule has 8 nitrogen and oxygen atoms in total. The minimum Gasteiger partial charge on any atom is -0.494 e. The first-order valence-electron chi connectivity index (χ1n) is 12.0. The van der Waals surface area contributed by atoms with Crippen molar-refractivity contribution in [3.8, 4) is 11.8 Å². The first kappa shape index (κ1) is 23.0. The van der Waals surface area contributed by atoms with Crippen LogP contribution in [0.2, 0.25) is 0 Å². The van der Waals surface area contributed by atoms with Gasteiger partial charge in [-0.15, -0.1) is 0 Å². The Morgan fingerprint density at radius 3 is 2.17 bits per heavy atom. The number of nitrogens with zero attached hydrogens (tertiary/aromatic N) is 4. The van der Waals surface area contributed by atoms with E-state index in [1.165, 1.54) is 4.57 Å². The van der Waals surface area contributed by atoms with E-state index in [1.807, 2.05) is 36.4 Å². The lowest BCUT2D eigenvalue weighted by molar-refractivity contribution is 0.0137. The molecular weight excluding hydrogens is 444 g/mol. The number of carbonyl (C=O) groups excluding carboxylic acids is 1. The van der Waals surface area contributed by atoms with Crippen LogP contribution in [0.15, 0.2) is 66.9 Å². The van der Waals surface area contributed by atoms with E-state index in [0.29, 0.717) is 24.9 Å². The van der Waals surface area contributed by atoms with Crippen molar-refractivity contribution in [3.63, 3.8) is 0 Å². The molecule has 0 radical (unpaired) electrons. The van der Waals surface area contributed by atoms with Gasteiger partial charge in [-0.3, -0.25) is 9.47 Å². The molecule has 1 aliphatic heterocycles. The lowest BCUT2D eigenvalue weighted by Gasteiger charge is -2.36. The van der Waals surface area contributed by atoms with E-state index in [4.69, 9.17) is 4.74 Å². The zero-order valence-corrected chi connectivity index (χ0v) is 19.6. The van der Waals surface area contributed by atoms with Gasteiger partial charge in [-0.05, 0) is 37.1 Å². The largest absolute Gasteiger partial charge is 0.494 e. The third-order valence-electron chi connectivity index (χ3n) is 6.70. The average molecular weight is 475 g/mol. The molecule has 1 unspecified atom stereocenters. The predicted octanol–water partition coefficient (Wildman–Crippen LogP) is 3.00. The van der Waals surface area contributed by atoms with Crippen LogP contribution >= 0.6 is 0 Å². The number of rotatable bonds is 7. The fraction of sp³-hybridized carbons (Fsp3) is 0.333. The summed E-state index contributed by atoms with van der Waals surface area (Å²) in [7, 11) is 0. The quantitative estimate of drug-likeness (QED) is 0.402. The van der Waals surface area contributed by atoms with E-state index in [-0.39, 0.29) is 18.3 Å². The zero-order valence-electron chi connectivity index (χ0n) is 19.6. The molecule has 182 valence electrons.